The van der Waals surface area contributed by atoms with Crippen LogP contribution in [0.1, 0.15) is 22.6 Å². The van der Waals surface area contributed by atoms with Gasteiger partial charge in [0.05, 0.1) is 0 Å². The normalized spacial score (nSPS) is 13.8. The van der Waals surface area contributed by atoms with E-state index in [4.69, 9.17) is 21.3 Å². The van der Waals surface area contributed by atoms with Gasteiger partial charge in [0, 0.05) is 48.9 Å². The molecular weight excluding hydrogens is 443 g/mol. The number of amides is 1. The molecule has 4 rings (SSSR count). The fourth-order valence-corrected chi connectivity index (χ4v) is 4.10. The number of halogens is 2. The van der Waals surface area contributed by atoms with Crippen LogP contribution in [0.25, 0.3) is 0 Å². The van der Waals surface area contributed by atoms with Gasteiger partial charge in [-0.15, -0.1) is 0 Å². The van der Waals surface area contributed by atoms with Crippen molar-refractivity contribution in [2.45, 2.75) is 20.3 Å². The fraction of sp³-hybridized carbons (Fsp3) is 0.320. The van der Waals surface area contributed by atoms with Gasteiger partial charge in [-0.05, 0) is 55.8 Å². The second-order valence-electron chi connectivity index (χ2n) is 8.08. The molecule has 1 fully saturated rings. The van der Waals surface area contributed by atoms with Crippen molar-refractivity contribution in [1.82, 2.24) is 14.9 Å². The molecule has 1 aliphatic rings. The van der Waals surface area contributed by atoms with Crippen molar-refractivity contribution in [3.05, 3.63) is 82.0 Å². The van der Waals surface area contributed by atoms with E-state index in [2.05, 4.69) is 9.88 Å². The predicted octanol–water partition coefficient (Wildman–Crippen LogP) is 4.20. The smallest absolute Gasteiger partial charge is 0.260 e. The first kappa shape index (κ1) is 23.0. The summed E-state index contributed by atoms with van der Waals surface area (Å²) in [6.07, 6.45) is 0.549. The highest BCUT2D eigenvalue weighted by molar-refractivity contribution is 6.30. The van der Waals surface area contributed by atoms with Crippen LogP contribution in [0, 0.1) is 19.7 Å². The molecular formula is C25H26ClFN4O2. The Labute approximate surface area is 198 Å². The lowest BCUT2D eigenvalue weighted by molar-refractivity contribution is -0.133. The van der Waals surface area contributed by atoms with Crippen LogP contribution in [0.4, 0.5) is 10.2 Å². The zero-order chi connectivity index (χ0) is 23.4. The Kier molecular flexibility index (Phi) is 7.08. The average molecular weight is 469 g/mol. The number of rotatable bonds is 6. The van der Waals surface area contributed by atoms with Gasteiger partial charge in [0.1, 0.15) is 23.2 Å². The maximum atomic E-state index is 13.7. The molecule has 0 spiro atoms. The molecule has 0 aliphatic carbocycles. The van der Waals surface area contributed by atoms with Gasteiger partial charge in [0.15, 0.2) is 6.61 Å². The predicted molar refractivity (Wildman–Crippen MR) is 126 cm³/mol. The summed E-state index contributed by atoms with van der Waals surface area (Å²) in [7, 11) is 0. The monoisotopic (exact) mass is 468 g/mol. The van der Waals surface area contributed by atoms with Gasteiger partial charge in [-0.2, -0.15) is 0 Å². The van der Waals surface area contributed by atoms with E-state index in [-0.39, 0.29) is 18.3 Å². The van der Waals surface area contributed by atoms with Crippen LogP contribution in [0.15, 0.2) is 48.5 Å². The highest BCUT2D eigenvalue weighted by Gasteiger charge is 2.25. The number of carbonyl (C=O) groups excluding carboxylic acids is 1. The first-order valence-electron chi connectivity index (χ1n) is 10.9. The van der Waals surface area contributed by atoms with E-state index >= 15 is 0 Å². The molecule has 172 valence electrons. The van der Waals surface area contributed by atoms with Gasteiger partial charge in [0.2, 0.25) is 0 Å². The standard InChI is InChI=1S/C25H26ClFN4O2/c1-17-23(15-19-4-3-5-21(27)14-19)25(29-18(2)28-17)31-12-10-30(11-13-31)24(32)16-33-22-8-6-20(26)7-9-22/h3-9,14H,10-13,15-16H2,1-2H3. The van der Waals surface area contributed by atoms with Crippen LogP contribution in [0.3, 0.4) is 0 Å². The highest BCUT2D eigenvalue weighted by Crippen LogP contribution is 2.25. The zero-order valence-electron chi connectivity index (χ0n) is 18.7. The van der Waals surface area contributed by atoms with E-state index in [1.165, 1.54) is 6.07 Å². The molecule has 3 aromatic rings. The van der Waals surface area contributed by atoms with E-state index in [1.54, 1.807) is 41.3 Å². The minimum atomic E-state index is -0.257. The molecule has 0 bridgehead atoms. The van der Waals surface area contributed by atoms with Gasteiger partial charge in [0.25, 0.3) is 5.91 Å². The Bertz CT molecular complexity index is 1130. The first-order valence-corrected chi connectivity index (χ1v) is 11.3. The van der Waals surface area contributed by atoms with E-state index in [0.717, 1.165) is 22.6 Å². The SMILES string of the molecule is Cc1nc(C)c(Cc2cccc(F)c2)c(N2CCN(C(=O)COc3ccc(Cl)cc3)CC2)n1. The Morgan fingerprint density at radius 2 is 1.79 bits per heavy atom. The second kappa shape index (κ2) is 10.2. The average Bonchev–Trinajstić information content (AvgIpc) is 2.80. The van der Waals surface area contributed by atoms with E-state index in [0.29, 0.717) is 49.2 Å². The molecule has 6 nitrogen and oxygen atoms in total. The minimum Gasteiger partial charge on any atom is -0.484 e. The Morgan fingerprint density at radius 1 is 1.06 bits per heavy atom. The third-order valence-corrected chi connectivity index (χ3v) is 5.93. The Hall–Kier alpha value is -3.19. The Balaban J connectivity index is 1.41. The third kappa shape index (κ3) is 5.79. The number of carbonyl (C=O) groups is 1. The fourth-order valence-electron chi connectivity index (χ4n) is 3.97. The van der Waals surface area contributed by atoms with Crippen LogP contribution in [0.5, 0.6) is 5.75 Å². The molecule has 0 N–H and O–H groups in total. The van der Waals surface area contributed by atoms with E-state index in [9.17, 15) is 9.18 Å². The molecule has 1 amide bonds. The number of hydrogen-bond acceptors (Lipinski definition) is 5. The number of aromatic nitrogens is 2. The lowest BCUT2D eigenvalue weighted by Crippen LogP contribution is -2.50. The summed E-state index contributed by atoms with van der Waals surface area (Å²) in [5.74, 6) is 1.85. The van der Waals surface area contributed by atoms with Crippen molar-refractivity contribution in [2.24, 2.45) is 0 Å². The molecule has 0 atom stereocenters. The van der Waals surface area contributed by atoms with Gasteiger partial charge in [-0.25, -0.2) is 14.4 Å². The molecule has 2 heterocycles. The summed E-state index contributed by atoms with van der Waals surface area (Å²) in [6.45, 7) is 6.27. The van der Waals surface area contributed by atoms with Crippen LogP contribution in [-0.2, 0) is 11.2 Å². The molecule has 1 saturated heterocycles. The molecule has 33 heavy (non-hydrogen) atoms. The maximum Gasteiger partial charge on any atom is 0.260 e. The summed E-state index contributed by atoms with van der Waals surface area (Å²) >= 11 is 5.88. The van der Waals surface area contributed by atoms with Crippen LogP contribution in [0.2, 0.25) is 5.02 Å². The quantitative estimate of drug-likeness (QED) is 0.542. The van der Waals surface area contributed by atoms with Gasteiger partial charge in [-0.1, -0.05) is 23.7 Å². The van der Waals surface area contributed by atoms with Crippen molar-refractivity contribution < 1.29 is 13.9 Å². The molecule has 1 aliphatic heterocycles. The molecule has 2 aromatic carbocycles. The summed E-state index contributed by atoms with van der Waals surface area (Å²) in [6, 6.07) is 13.5. The van der Waals surface area contributed by atoms with Crippen LogP contribution < -0.4 is 9.64 Å². The Morgan fingerprint density at radius 3 is 2.48 bits per heavy atom. The van der Waals surface area contributed by atoms with E-state index in [1.807, 2.05) is 19.9 Å². The number of ether oxygens (including phenoxy) is 1. The molecule has 0 radical (unpaired) electrons. The summed E-state index contributed by atoms with van der Waals surface area (Å²) in [5, 5.41) is 0.622. The lowest BCUT2D eigenvalue weighted by Gasteiger charge is -2.36. The lowest BCUT2D eigenvalue weighted by atomic mass is 10.0. The number of benzene rings is 2. The van der Waals surface area contributed by atoms with Gasteiger partial charge in [-0.3, -0.25) is 4.79 Å². The molecule has 1 aromatic heterocycles. The summed E-state index contributed by atoms with van der Waals surface area (Å²) < 4.78 is 19.3. The van der Waals surface area contributed by atoms with Crippen LogP contribution >= 0.6 is 11.6 Å². The topological polar surface area (TPSA) is 58.6 Å². The van der Waals surface area contributed by atoms with Crippen molar-refractivity contribution in [3.8, 4) is 5.75 Å². The second-order valence-corrected chi connectivity index (χ2v) is 8.51. The van der Waals surface area contributed by atoms with E-state index < -0.39 is 0 Å². The number of hydrogen-bond donors (Lipinski definition) is 0. The molecule has 8 heteroatoms. The van der Waals surface area contributed by atoms with Gasteiger partial charge >= 0.3 is 0 Å². The van der Waals surface area contributed by atoms with Crippen molar-refractivity contribution in [1.29, 1.82) is 0 Å². The van der Waals surface area contributed by atoms with Crippen molar-refractivity contribution in [3.63, 3.8) is 0 Å². The molecule has 0 unspecified atom stereocenters. The first-order chi connectivity index (χ1) is 15.9. The third-order valence-electron chi connectivity index (χ3n) is 5.68. The largest absolute Gasteiger partial charge is 0.484 e. The summed E-state index contributed by atoms with van der Waals surface area (Å²) in [4.78, 5) is 25.9. The number of aryl methyl sites for hydroxylation is 2. The molecule has 0 saturated carbocycles. The van der Waals surface area contributed by atoms with Crippen molar-refractivity contribution in [2.75, 3.05) is 37.7 Å². The zero-order valence-corrected chi connectivity index (χ0v) is 19.5. The van der Waals surface area contributed by atoms with Crippen molar-refractivity contribution >= 4 is 23.3 Å². The number of piperazine rings is 1. The highest BCUT2D eigenvalue weighted by atomic mass is 35.5. The number of anilines is 1. The van der Waals surface area contributed by atoms with Gasteiger partial charge < -0.3 is 14.5 Å². The minimum absolute atomic E-state index is 0.0157. The maximum absolute atomic E-state index is 13.7. The van der Waals surface area contributed by atoms with Crippen LogP contribution in [-0.4, -0.2) is 53.6 Å². The summed E-state index contributed by atoms with van der Waals surface area (Å²) in [5.41, 5.74) is 2.74. The number of nitrogens with zero attached hydrogens (tertiary/aromatic N) is 4.